The highest BCUT2D eigenvalue weighted by Crippen LogP contribution is 2.32. The molecule has 5 rings (SSSR count). The van der Waals surface area contributed by atoms with Crippen molar-refractivity contribution in [2.75, 3.05) is 11.6 Å². The van der Waals surface area contributed by atoms with Gasteiger partial charge in [-0.25, -0.2) is 13.1 Å². The molecule has 1 aliphatic heterocycles. The molecule has 39 heavy (non-hydrogen) atoms. The molecule has 13 heteroatoms. The summed E-state index contributed by atoms with van der Waals surface area (Å²) in [7, 11) is -3.43. The highest BCUT2D eigenvalue weighted by molar-refractivity contribution is 7.90. The number of oxime groups is 1. The van der Waals surface area contributed by atoms with Crippen molar-refractivity contribution in [1.29, 1.82) is 5.41 Å². The topological polar surface area (TPSA) is 178 Å². The molecule has 0 radical (unpaired) electrons. The van der Waals surface area contributed by atoms with E-state index >= 15 is 0 Å². The van der Waals surface area contributed by atoms with Crippen LogP contribution in [0.3, 0.4) is 0 Å². The molecule has 0 aliphatic carbocycles. The molecule has 12 nitrogen and oxygen atoms in total. The molecule has 4 aromatic rings. The van der Waals surface area contributed by atoms with Gasteiger partial charge in [0.05, 0.1) is 17.2 Å². The van der Waals surface area contributed by atoms with Crippen molar-refractivity contribution < 1.29 is 18.0 Å². The van der Waals surface area contributed by atoms with E-state index in [2.05, 4.69) is 26.0 Å². The van der Waals surface area contributed by atoms with Gasteiger partial charge in [-0.2, -0.15) is 0 Å². The summed E-state index contributed by atoms with van der Waals surface area (Å²) in [5, 5.41) is 25.9. The van der Waals surface area contributed by atoms with E-state index in [1.165, 1.54) is 17.3 Å². The Morgan fingerprint density at radius 3 is 2.56 bits per heavy atom. The third-order valence-corrected chi connectivity index (χ3v) is 7.41. The summed E-state index contributed by atoms with van der Waals surface area (Å²) in [4.78, 5) is 19.6. The molecule has 1 aliphatic rings. The molecular weight excluding hydrogens is 520 g/mol. The lowest BCUT2D eigenvalue weighted by molar-refractivity contribution is -0.140. The fourth-order valence-corrected chi connectivity index (χ4v) is 5.21. The van der Waals surface area contributed by atoms with Crippen LogP contribution < -0.4 is 11.1 Å². The summed E-state index contributed by atoms with van der Waals surface area (Å²) in [6.07, 6.45) is 2.65. The van der Waals surface area contributed by atoms with Crippen molar-refractivity contribution >= 4 is 33.0 Å². The number of rotatable bonds is 8. The number of nitrogens with zero attached hydrogens (tertiary/aromatic N) is 5. The number of carbonyl (C=O) groups excluding carboxylic acids is 1. The first-order chi connectivity index (χ1) is 18.6. The van der Waals surface area contributed by atoms with Crippen LogP contribution in [0.5, 0.6) is 0 Å². The molecule has 0 saturated heterocycles. The van der Waals surface area contributed by atoms with Gasteiger partial charge in [-0.1, -0.05) is 53.7 Å². The maximum absolute atomic E-state index is 13.6. The normalized spacial score (nSPS) is 16.8. The van der Waals surface area contributed by atoms with Crippen LogP contribution in [0.25, 0.3) is 11.1 Å². The molecular formula is C26H24N8O4S. The van der Waals surface area contributed by atoms with Gasteiger partial charge in [0.2, 0.25) is 5.60 Å². The van der Waals surface area contributed by atoms with Crippen LogP contribution in [0.4, 0.5) is 5.69 Å². The van der Waals surface area contributed by atoms with Crippen LogP contribution in [-0.2, 0) is 26.0 Å². The Morgan fingerprint density at radius 1 is 1.10 bits per heavy atom. The van der Waals surface area contributed by atoms with E-state index < -0.39 is 21.3 Å². The number of hydrogen-bond acceptors (Lipinski definition) is 9. The number of aromatic nitrogens is 4. The molecule has 1 aromatic heterocycles. The molecule has 0 saturated carbocycles. The van der Waals surface area contributed by atoms with Crippen LogP contribution >= 0.6 is 0 Å². The van der Waals surface area contributed by atoms with E-state index in [1.807, 2.05) is 0 Å². The fraction of sp³-hybridized carbons (Fsp3) is 0.154. The number of benzene rings is 3. The summed E-state index contributed by atoms with van der Waals surface area (Å²) in [6.45, 7) is -0.00888. The number of nitrogen functional groups attached to an aromatic ring is 1. The van der Waals surface area contributed by atoms with Gasteiger partial charge in [-0.15, -0.1) is 5.10 Å². The molecule has 0 spiro atoms. The molecule has 198 valence electrons. The number of amides is 1. The smallest absolute Gasteiger partial charge is 0.273 e. The van der Waals surface area contributed by atoms with Gasteiger partial charge in [0.25, 0.3) is 5.91 Å². The Bertz CT molecular complexity index is 1690. The third-order valence-electron chi connectivity index (χ3n) is 6.25. The molecule has 0 fully saturated rings. The highest BCUT2D eigenvalue weighted by Gasteiger charge is 2.48. The SMILES string of the molecule is CS(=O)(=O)c1ccccc1-c1ccc(NC(=O)C2(Cn3cnnn3)CC(c3cccc(C(=N)N)c3)=NO2)cc1. The second kappa shape index (κ2) is 10.1. The van der Waals surface area contributed by atoms with Gasteiger partial charge in [0.15, 0.2) is 9.84 Å². The average Bonchev–Trinajstić information content (AvgIpc) is 3.60. The monoisotopic (exact) mass is 544 g/mol. The molecule has 2 heterocycles. The zero-order valence-electron chi connectivity index (χ0n) is 20.8. The lowest BCUT2D eigenvalue weighted by Crippen LogP contribution is -2.47. The minimum Gasteiger partial charge on any atom is -0.384 e. The summed E-state index contributed by atoms with van der Waals surface area (Å²) >= 11 is 0. The van der Waals surface area contributed by atoms with Gasteiger partial charge in [0.1, 0.15) is 12.2 Å². The van der Waals surface area contributed by atoms with Gasteiger partial charge in [-0.05, 0) is 40.3 Å². The summed E-state index contributed by atoms with van der Waals surface area (Å²) in [5.41, 5.74) is 7.60. The standard InChI is InChI=1S/C26H24N8O4S/c1-39(36,37)23-8-3-2-7-21(23)17-9-11-20(12-10-17)30-25(35)26(15-34-16-29-32-33-34)14-22(31-38-26)18-5-4-6-19(13-18)24(27)28/h2-13,16H,14-15H2,1H3,(H3,27,28)(H,30,35). The zero-order chi connectivity index (χ0) is 27.6. The number of sulfone groups is 1. The van der Waals surface area contributed by atoms with Crippen molar-refractivity contribution in [2.45, 2.75) is 23.5 Å². The molecule has 1 unspecified atom stereocenters. The predicted octanol–water partition coefficient (Wildman–Crippen LogP) is 2.23. The number of amidine groups is 1. The van der Waals surface area contributed by atoms with Crippen LogP contribution in [0.2, 0.25) is 0 Å². The summed E-state index contributed by atoms with van der Waals surface area (Å²) in [5.74, 6) is -0.555. The number of carbonyl (C=O) groups is 1. The Balaban J connectivity index is 1.40. The van der Waals surface area contributed by atoms with Crippen molar-refractivity contribution in [3.05, 3.63) is 90.3 Å². The largest absolute Gasteiger partial charge is 0.384 e. The van der Waals surface area contributed by atoms with Crippen molar-refractivity contribution in [2.24, 2.45) is 10.9 Å². The van der Waals surface area contributed by atoms with Crippen LogP contribution in [0, 0.1) is 5.41 Å². The number of hydrogen-bond donors (Lipinski definition) is 3. The van der Waals surface area contributed by atoms with Gasteiger partial charge < -0.3 is 15.9 Å². The number of nitrogens with one attached hydrogen (secondary N) is 2. The average molecular weight is 545 g/mol. The Kier molecular flexibility index (Phi) is 6.66. The second-order valence-electron chi connectivity index (χ2n) is 9.10. The lowest BCUT2D eigenvalue weighted by atomic mass is 9.92. The lowest BCUT2D eigenvalue weighted by Gasteiger charge is -2.25. The van der Waals surface area contributed by atoms with Crippen molar-refractivity contribution in [1.82, 2.24) is 20.2 Å². The fourth-order valence-electron chi connectivity index (χ4n) is 4.30. The number of nitrogens with two attached hydrogens (primary N) is 1. The summed E-state index contributed by atoms with van der Waals surface area (Å²) < 4.78 is 25.8. The maximum Gasteiger partial charge on any atom is 0.273 e. The zero-order valence-corrected chi connectivity index (χ0v) is 21.6. The van der Waals surface area contributed by atoms with Crippen LogP contribution in [0.1, 0.15) is 17.5 Å². The van der Waals surface area contributed by atoms with Crippen LogP contribution in [0.15, 0.2) is 89.2 Å². The predicted molar refractivity (Wildman–Crippen MR) is 144 cm³/mol. The molecule has 1 atom stereocenters. The molecule has 1 amide bonds. The Labute approximate surface area is 223 Å². The van der Waals surface area contributed by atoms with Gasteiger partial charge in [-0.3, -0.25) is 10.2 Å². The highest BCUT2D eigenvalue weighted by atomic mass is 32.2. The number of tetrazole rings is 1. The minimum atomic E-state index is -3.43. The van der Waals surface area contributed by atoms with Crippen molar-refractivity contribution in [3.63, 3.8) is 0 Å². The summed E-state index contributed by atoms with van der Waals surface area (Å²) in [6, 6.07) is 20.5. The molecule has 0 bridgehead atoms. The van der Waals surface area contributed by atoms with E-state index in [1.54, 1.807) is 72.8 Å². The quantitative estimate of drug-likeness (QED) is 0.223. The molecule has 4 N–H and O–H groups in total. The maximum atomic E-state index is 13.6. The van der Waals surface area contributed by atoms with Gasteiger partial charge in [0, 0.05) is 35.1 Å². The van der Waals surface area contributed by atoms with Crippen molar-refractivity contribution in [3.8, 4) is 11.1 Å². The minimum absolute atomic E-state index is 0.00888. The van der Waals surface area contributed by atoms with E-state index in [0.717, 1.165) is 0 Å². The molecule has 3 aromatic carbocycles. The first kappa shape index (κ1) is 25.7. The van der Waals surface area contributed by atoms with E-state index in [0.29, 0.717) is 33.7 Å². The van der Waals surface area contributed by atoms with Crippen LogP contribution in [-0.4, -0.2) is 57.9 Å². The Hall–Kier alpha value is -4.91. The Morgan fingerprint density at radius 2 is 1.87 bits per heavy atom. The van der Waals surface area contributed by atoms with Gasteiger partial charge >= 0.3 is 0 Å². The van der Waals surface area contributed by atoms with E-state index in [-0.39, 0.29) is 23.7 Å². The van der Waals surface area contributed by atoms with E-state index in [9.17, 15) is 13.2 Å². The first-order valence-corrected chi connectivity index (χ1v) is 13.7. The first-order valence-electron chi connectivity index (χ1n) is 11.8. The van der Waals surface area contributed by atoms with E-state index in [4.69, 9.17) is 16.0 Å². The number of anilines is 1. The second-order valence-corrected chi connectivity index (χ2v) is 11.1. The third kappa shape index (κ3) is 5.38.